The molecule has 0 amide bonds. The summed E-state index contributed by atoms with van der Waals surface area (Å²) in [7, 11) is -1.74. The van der Waals surface area contributed by atoms with E-state index in [9.17, 15) is 8.42 Å². The molecule has 0 N–H and O–H groups in total. The number of rotatable bonds is 7. The fourth-order valence-electron chi connectivity index (χ4n) is 2.57. The first kappa shape index (κ1) is 16.3. The van der Waals surface area contributed by atoms with Crippen molar-refractivity contribution in [3.05, 3.63) is 24.3 Å². The van der Waals surface area contributed by atoms with Crippen molar-refractivity contribution in [1.29, 1.82) is 0 Å². The summed E-state index contributed by atoms with van der Waals surface area (Å²) < 4.78 is 32.0. The van der Waals surface area contributed by atoms with Crippen LogP contribution in [0.3, 0.4) is 0 Å². The fraction of sp³-hybridized carbons (Fsp3) is 0.625. The molecule has 5 heteroatoms. The summed E-state index contributed by atoms with van der Waals surface area (Å²) in [5.74, 6) is 0.761. The number of unbranched alkanes of at least 4 members (excludes halogenated alkanes) is 1. The van der Waals surface area contributed by atoms with Crippen molar-refractivity contribution in [2.75, 3.05) is 13.6 Å². The first-order valence-corrected chi connectivity index (χ1v) is 9.21. The Labute approximate surface area is 128 Å². The Hall–Kier alpha value is -1.07. The summed E-state index contributed by atoms with van der Waals surface area (Å²) in [4.78, 5) is 0.333. The Morgan fingerprint density at radius 1 is 1.19 bits per heavy atom. The van der Waals surface area contributed by atoms with Gasteiger partial charge in [0.15, 0.2) is 0 Å². The molecule has 0 bridgehead atoms. The molecule has 1 saturated carbocycles. The summed E-state index contributed by atoms with van der Waals surface area (Å²) in [5.41, 5.74) is 0. The SMILES string of the molecule is CCCCN(C)S(=O)(=O)c1ccc(OC2CCCC2)cc1. The van der Waals surface area contributed by atoms with E-state index < -0.39 is 10.0 Å². The van der Waals surface area contributed by atoms with Crippen molar-refractivity contribution >= 4 is 10.0 Å². The van der Waals surface area contributed by atoms with E-state index in [0.29, 0.717) is 17.5 Å². The molecule has 0 heterocycles. The molecule has 0 aromatic heterocycles. The minimum Gasteiger partial charge on any atom is -0.490 e. The van der Waals surface area contributed by atoms with Crippen LogP contribution in [0.15, 0.2) is 29.2 Å². The number of ether oxygens (including phenoxy) is 1. The van der Waals surface area contributed by atoms with Crippen molar-refractivity contribution in [3.63, 3.8) is 0 Å². The lowest BCUT2D eigenvalue weighted by Gasteiger charge is -2.17. The van der Waals surface area contributed by atoms with Crippen molar-refractivity contribution in [2.24, 2.45) is 0 Å². The molecule has 0 unspecified atom stereocenters. The molecule has 1 fully saturated rings. The summed E-state index contributed by atoms with van der Waals surface area (Å²) >= 11 is 0. The van der Waals surface area contributed by atoms with Gasteiger partial charge in [-0.2, -0.15) is 0 Å². The highest BCUT2D eigenvalue weighted by atomic mass is 32.2. The average molecular weight is 311 g/mol. The maximum atomic E-state index is 12.4. The molecule has 2 rings (SSSR count). The van der Waals surface area contributed by atoms with Crippen molar-refractivity contribution in [1.82, 2.24) is 4.31 Å². The van der Waals surface area contributed by atoms with E-state index in [0.717, 1.165) is 31.4 Å². The predicted octanol–water partition coefficient (Wildman–Crippen LogP) is 3.43. The van der Waals surface area contributed by atoms with Gasteiger partial charge in [-0.15, -0.1) is 0 Å². The van der Waals surface area contributed by atoms with Gasteiger partial charge in [-0.1, -0.05) is 13.3 Å². The van der Waals surface area contributed by atoms with Crippen LogP contribution in [-0.4, -0.2) is 32.4 Å². The quantitative estimate of drug-likeness (QED) is 0.775. The van der Waals surface area contributed by atoms with Gasteiger partial charge in [0.1, 0.15) is 5.75 Å². The Bertz CT molecular complexity index is 533. The number of hydrogen-bond acceptors (Lipinski definition) is 3. The third-order valence-corrected chi connectivity index (χ3v) is 5.83. The number of sulfonamides is 1. The van der Waals surface area contributed by atoms with Gasteiger partial charge in [-0.3, -0.25) is 0 Å². The molecule has 1 aromatic carbocycles. The average Bonchev–Trinajstić information content (AvgIpc) is 2.98. The van der Waals surface area contributed by atoms with E-state index in [2.05, 4.69) is 6.92 Å². The van der Waals surface area contributed by atoms with Gasteiger partial charge in [0.2, 0.25) is 10.0 Å². The summed E-state index contributed by atoms with van der Waals surface area (Å²) in [6.07, 6.45) is 6.78. The Morgan fingerprint density at radius 3 is 2.38 bits per heavy atom. The molecule has 0 aliphatic heterocycles. The zero-order chi connectivity index (χ0) is 15.3. The Morgan fingerprint density at radius 2 is 1.81 bits per heavy atom. The number of nitrogens with zero attached hydrogens (tertiary/aromatic N) is 1. The Balaban J connectivity index is 2.03. The van der Waals surface area contributed by atoms with Gasteiger partial charge < -0.3 is 4.74 Å². The number of benzene rings is 1. The largest absolute Gasteiger partial charge is 0.490 e. The van der Waals surface area contributed by atoms with Gasteiger partial charge >= 0.3 is 0 Å². The van der Waals surface area contributed by atoms with Crippen LogP contribution >= 0.6 is 0 Å². The first-order chi connectivity index (χ1) is 10.0. The van der Waals surface area contributed by atoms with Gasteiger partial charge in [-0.05, 0) is 56.4 Å². The zero-order valence-electron chi connectivity index (χ0n) is 12.9. The monoisotopic (exact) mass is 311 g/mol. The second kappa shape index (κ2) is 7.27. The molecule has 4 nitrogen and oxygen atoms in total. The van der Waals surface area contributed by atoms with Crippen LogP contribution in [0.1, 0.15) is 45.4 Å². The predicted molar refractivity (Wildman–Crippen MR) is 84.0 cm³/mol. The zero-order valence-corrected chi connectivity index (χ0v) is 13.7. The molecule has 1 aromatic rings. The summed E-state index contributed by atoms with van der Waals surface area (Å²) in [5, 5.41) is 0. The highest BCUT2D eigenvalue weighted by molar-refractivity contribution is 7.89. The highest BCUT2D eigenvalue weighted by Gasteiger charge is 2.21. The van der Waals surface area contributed by atoms with Crippen LogP contribution in [-0.2, 0) is 10.0 Å². The fourth-order valence-corrected chi connectivity index (χ4v) is 3.78. The van der Waals surface area contributed by atoms with Crippen LogP contribution < -0.4 is 4.74 Å². The van der Waals surface area contributed by atoms with Crippen LogP contribution in [0.25, 0.3) is 0 Å². The second-order valence-corrected chi connectivity index (χ2v) is 7.72. The molecule has 0 atom stereocenters. The summed E-state index contributed by atoms with van der Waals surface area (Å²) in [6, 6.07) is 6.81. The third-order valence-electron chi connectivity index (χ3n) is 3.96. The molecular weight excluding hydrogens is 286 g/mol. The molecule has 118 valence electrons. The minimum absolute atomic E-state index is 0.291. The lowest BCUT2D eigenvalue weighted by molar-refractivity contribution is 0.210. The van der Waals surface area contributed by atoms with Crippen LogP contribution in [0.4, 0.5) is 0 Å². The topological polar surface area (TPSA) is 46.6 Å². The van der Waals surface area contributed by atoms with E-state index in [-0.39, 0.29) is 0 Å². The molecule has 0 saturated heterocycles. The highest BCUT2D eigenvalue weighted by Crippen LogP contribution is 2.25. The molecule has 21 heavy (non-hydrogen) atoms. The van der Waals surface area contributed by atoms with E-state index in [1.54, 1.807) is 31.3 Å². The maximum absolute atomic E-state index is 12.4. The Kier molecular flexibility index (Phi) is 5.65. The molecule has 1 aliphatic carbocycles. The molecule has 0 radical (unpaired) electrons. The second-order valence-electron chi connectivity index (χ2n) is 5.68. The van der Waals surface area contributed by atoms with Crippen LogP contribution in [0.5, 0.6) is 5.75 Å². The minimum atomic E-state index is -3.38. The maximum Gasteiger partial charge on any atom is 0.242 e. The summed E-state index contributed by atoms with van der Waals surface area (Å²) in [6.45, 7) is 2.61. The van der Waals surface area contributed by atoms with Crippen molar-refractivity contribution in [3.8, 4) is 5.75 Å². The van der Waals surface area contributed by atoms with Crippen molar-refractivity contribution < 1.29 is 13.2 Å². The van der Waals surface area contributed by atoms with E-state index in [4.69, 9.17) is 4.74 Å². The number of hydrogen-bond donors (Lipinski definition) is 0. The third kappa shape index (κ3) is 4.20. The molecule has 0 spiro atoms. The molecular formula is C16H25NO3S. The van der Waals surface area contributed by atoms with Crippen LogP contribution in [0.2, 0.25) is 0 Å². The molecule has 1 aliphatic rings. The van der Waals surface area contributed by atoms with Crippen molar-refractivity contribution in [2.45, 2.75) is 56.4 Å². The van der Waals surface area contributed by atoms with Gasteiger partial charge in [0, 0.05) is 13.6 Å². The normalized spacial score (nSPS) is 16.5. The van der Waals surface area contributed by atoms with Gasteiger partial charge in [0.05, 0.1) is 11.0 Å². The van der Waals surface area contributed by atoms with Gasteiger partial charge in [0.25, 0.3) is 0 Å². The lowest BCUT2D eigenvalue weighted by Crippen LogP contribution is -2.27. The van der Waals surface area contributed by atoms with Crippen LogP contribution in [0, 0.1) is 0 Å². The van der Waals surface area contributed by atoms with E-state index in [1.165, 1.54) is 17.1 Å². The standard InChI is InChI=1S/C16H25NO3S/c1-3-4-13-17(2)21(18,19)16-11-9-15(10-12-16)20-14-7-5-6-8-14/h9-12,14H,3-8,13H2,1-2H3. The first-order valence-electron chi connectivity index (χ1n) is 7.77. The van der Waals surface area contributed by atoms with E-state index in [1.807, 2.05) is 0 Å². The van der Waals surface area contributed by atoms with E-state index >= 15 is 0 Å². The smallest absolute Gasteiger partial charge is 0.242 e. The van der Waals surface area contributed by atoms with Gasteiger partial charge in [-0.25, -0.2) is 12.7 Å². The lowest BCUT2D eigenvalue weighted by atomic mass is 10.3.